The Balaban J connectivity index is 1.28. The fourth-order valence-electron chi connectivity index (χ4n) is 5.60. The average molecular weight is 551 g/mol. The molecule has 1 aliphatic rings. The number of hydrogen-bond acceptors (Lipinski definition) is 6. The highest BCUT2D eigenvalue weighted by Crippen LogP contribution is 2.32. The molecule has 2 aromatic heterocycles. The highest BCUT2D eigenvalue weighted by molar-refractivity contribution is 5.81. The van der Waals surface area contributed by atoms with Crippen LogP contribution in [0.5, 0.6) is 5.75 Å². The van der Waals surface area contributed by atoms with Crippen molar-refractivity contribution in [2.75, 3.05) is 26.4 Å². The predicted molar refractivity (Wildman–Crippen MR) is 157 cm³/mol. The lowest BCUT2D eigenvalue weighted by Crippen LogP contribution is -2.36. The van der Waals surface area contributed by atoms with Gasteiger partial charge in [-0.3, -0.25) is 4.79 Å². The molecule has 8 nitrogen and oxygen atoms in total. The standard InChI is InChI=1S/C33H34N4O4/c1-22-33(23(2)41-35-22)27-11-12-31-28(19-27)18-25-7-6-8-26(17-25)20-36(13-14-39-15-16-40-31)32(38)21-37-24(3)34-29-9-4-5-10-30(29)37/h4-12,17,19H,13-16,18,20-21H2,1-3H3. The Kier molecular flexibility index (Phi) is 7.57. The quantitative estimate of drug-likeness (QED) is 0.289. The molecule has 8 heteroatoms. The molecule has 5 aromatic rings. The minimum atomic E-state index is 0.0306. The minimum Gasteiger partial charge on any atom is -0.491 e. The molecule has 0 fully saturated rings. The fourth-order valence-corrected chi connectivity index (χ4v) is 5.60. The molecular formula is C33H34N4O4. The molecule has 0 radical (unpaired) electrons. The summed E-state index contributed by atoms with van der Waals surface area (Å²) in [5.41, 5.74) is 8.09. The van der Waals surface area contributed by atoms with Crippen molar-refractivity contribution < 1.29 is 18.8 Å². The van der Waals surface area contributed by atoms with Crippen LogP contribution >= 0.6 is 0 Å². The summed E-state index contributed by atoms with van der Waals surface area (Å²) in [6.07, 6.45) is 0.690. The number of aromatic nitrogens is 3. The van der Waals surface area contributed by atoms with E-state index >= 15 is 0 Å². The molecule has 2 bridgehead atoms. The summed E-state index contributed by atoms with van der Waals surface area (Å²) in [4.78, 5) is 20.2. The number of carbonyl (C=O) groups is 1. The molecule has 6 rings (SSSR count). The van der Waals surface area contributed by atoms with Gasteiger partial charge in [-0.05, 0) is 67.3 Å². The van der Waals surface area contributed by atoms with Gasteiger partial charge in [0.15, 0.2) is 0 Å². The molecule has 0 saturated heterocycles. The normalized spacial score (nSPS) is 14.4. The van der Waals surface area contributed by atoms with Gasteiger partial charge in [0.05, 0.1) is 29.9 Å². The van der Waals surface area contributed by atoms with Crippen molar-refractivity contribution in [2.45, 2.75) is 40.3 Å². The highest BCUT2D eigenvalue weighted by Gasteiger charge is 2.19. The second-order valence-electron chi connectivity index (χ2n) is 10.5. The van der Waals surface area contributed by atoms with E-state index in [4.69, 9.17) is 14.0 Å². The van der Waals surface area contributed by atoms with Gasteiger partial charge >= 0.3 is 0 Å². The second-order valence-corrected chi connectivity index (χ2v) is 10.5. The van der Waals surface area contributed by atoms with Crippen LogP contribution in [0.2, 0.25) is 0 Å². The number of amides is 1. The number of rotatable bonds is 3. The molecule has 0 unspecified atom stereocenters. The Bertz CT molecular complexity index is 1680. The number of hydrogen-bond donors (Lipinski definition) is 0. The molecule has 41 heavy (non-hydrogen) atoms. The first-order valence-corrected chi connectivity index (χ1v) is 14.0. The van der Waals surface area contributed by atoms with Gasteiger partial charge in [-0.15, -0.1) is 0 Å². The number of imidazole rings is 1. The maximum atomic E-state index is 13.6. The molecule has 3 aromatic carbocycles. The molecule has 0 aliphatic carbocycles. The largest absolute Gasteiger partial charge is 0.491 e. The van der Waals surface area contributed by atoms with Crippen molar-refractivity contribution in [3.8, 4) is 16.9 Å². The van der Waals surface area contributed by atoms with Crippen LogP contribution in [0.3, 0.4) is 0 Å². The summed E-state index contributed by atoms with van der Waals surface area (Å²) in [5, 5.41) is 4.13. The van der Waals surface area contributed by atoms with Gasteiger partial charge in [-0.2, -0.15) is 0 Å². The number of carbonyl (C=O) groups excluding carboxylic acids is 1. The Morgan fingerprint density at radius 1 is 0.927 bits per heavy atom. The van der Waals surface area contributed by atoms with Gasteiger partial charge in [0, 0.05) is 25.1 Å². The lowest BCUT2D eigenvalue weighted by Gasteiger charge is -2.24. The first-order chi connectivity index (χ1) is 20.0. The summed E-state index contributed by atoms with van der Waals surface area (Å²) in [5.74, 6) is 2.49. The first-order valence-electron chi connectivity index (χ1n) is 14.0. The number of benzene rings is 3. The van der Waals surface area contributed by atoms with Crippen molar-refractivity contribution in [2.24, 2.45) is 0 Å². The molecule has 0 atom stereocenters. The van der Waals surface area contributed by atoms with Crippen molar-refractivity contribution >= 4 is 16.9 Å². The minimum absolute atomic E-state index is 0.0306. The molecule has 3 heterocycles. The van der Waals surface area contributed by atoms with E-state index in [2.05, 4.69) is 46.5 Å². The molecule has 1 aliphatic heterocycles. The number of ether oxygens (including phenoxy) is 2. The number of nitrogens with zero attached hydrogens (tertiary/aromatic N) is 4. The van der Waals surface area contributed by atoms with Crippen molar-refractivity contribution in [3.63, 3.8) is 0 Å². The highest BCUT2D eigenvalue weighted by atomic mass is 16.5. The molecule has 210 valence electrons. The number of fused-ring (bicyclic) bond motifs is 4. The summed E-state index contributed by atoms with van der Waals surface area (Å²) < 4.78 is 19.5. The van der Waals surface area contributed by atoms with Gasteiger partial charge in [-0.1, -0.05) is 47.6 Å². The average Bonchev–Trinajstić information content (AvgIpc) is 3.47. The van der Waals surface area contributed by atoms with Crippen molar-refractivity contribution in [1.82, 2.24) is 19.6 Å². The SMILES string of the molecule is Cc1noc(C)c1-c1ccc2c(c1)Cc1cccc(c1)CN(C(=O)Cn1c(C)nc3ccccc31)CCOCCO2. The molecule has 0 spiro atoms. The lowest BCUT2D eigenvalue weighted by molar-refractivity contribution is -0.133. The number of aryl methyl sites for hydroxylation is 3. The van der Waals surface area contributed by atoms with Crippen LogP contribution in [-0.2, 0) is 29.0 Å². The number of para-hydroxylation sites is 2. The fraction of sp³-hybridized carbons (Fsp3) is 0.303. The zero-order valence-corrected chi connectivity index (χ0v) is 23.7. The Morgan fingerprint density at radius 3 is 2.63 bits per heavy atom. The lowest BCUT2D eigenvalue weighted by atomic mass is 9.96. The summed E-state index contributed by atoms with van der Waals surface area (Å²) in [6.45, 7) is 8.34. The predicted octanol–water partition coefficient (Wildman–Crippen LogP) is 5.65. The van der Waals surface area contributed by atoms with Crippen molar-refractivity contribution in [3.05, 3.63) is 101 Å². The summed E-state index contributed by atoms with van der Waals surface area (Å²) in [6, 6.07) is 22.6. The second kappa shape index (κ2) is 11.6. The van der Waals surface area contributed by atoms with Gasteiger partial charge in [0.1, 0.15) is 30.5 Å². The van der Waals surface area contributed by atoms with E-state index in [9.17, 15) is 4.79 Å². The Labute approximate surface area is 239 Å². The van der Waals surface area contributed by atoms with Crippen LogP contribution in [0.15, 0.2) is 71.3 Å². The van der Waals surface area contributed by atoms with E-state index in [-0.39, 0.29) is 12.5 Å². The van der Waals surface area contributed by atoms with Crippen LogP contribution in [0, 0.1) is 20.8 Å². The summed E-state index contributed by atoms with van der Waals surface area (Å²) in [7, 11) is 0. The third-order valence-electron chi connectivity index (χ3n) is 7.62. The maximum absolute atomic E-state index is 13.6. The Morgan fingerprint density at radius 2 is 1.78 bits per heavy atom. The third-order valence-corrected chi connectivity index (χ3v) is 7.62. The molecule has 0 saturated carbocycles. The molecule has 1 amide bonds. The van der Waals surface area contributed by atoms with Crippen molar-refractivity contribution in [1.29, 1.82) is 0 Å². The molecule has 0 N–H and O–H groups in total. The van der Waals surface area contributed by atoms with Gasteiger partial charge in [0.25, 0.3) is 0 Å². The van der Waals surface area contributed by atoms with Crippen LogP contribution in [-0.4, -0.2) is 51.9 Å². The van der Waals surface area contributed by atoms with Gasteiger partial charge < -0.3 is 23.5 Å². The third kappa shape index (κ3) is 5.74. The van der Waals surface area contributed by atoms with E-state index < -0.39 is 0 Å². The van der Waals surface area contributed by atoms with Gasteiger partial charge in [0.2, 0.25) is 5.91 Å². The van der Waals surface area contributed by atoms with Crippen LogP contribution < -0.4 is 4.74 Å². The topological polar surface area (TPSA) is 82.6 Å². The smallest absolute Gasteiger partial charge is 0.242 e. The zero-order valence-electron chi connectivity index (χ0n) is 23.7. The van der Waals surface area contributed by atoms with E-state index in [1.807, 2.05) is 60.6 Å². The molecular weight excluding hydrogens is 516 g/mol. The van der Waals surface area contributed by atoms with Crippen LogP contribution in [0.4, 0.5) is 0 Å². The first kappa shape index (κ1) is 26.8. The van der Waals surface area contributed by atoms with Crippen LogP contribution in [0.1, 0.15) is 34.0 Å². The van der Waals surface area contributed by atoms with E-state index in [0.717, 1.165) is 61.9 Å². The van der Waals surface area contributed by atoms with E-state index in [1.54, 1.807) is 0 Å². The van der Waals surface area contributed by atoms with E-state index in [0.29, 0.717) is 39.3 Å². The monoisotopic (exact) mass is 550 g/mol. The Hall–Kier alpha value is -4.43. The zero-order chi connectivity index (χ0) is 28.3. The van der Waals surface area contributed by atoms with E-state index in [1.165, 1.54) is 0 Å². The maximum Gasteiger partial charge on any atom is 0.242 e. The summed E-state index contributed by atoms with van der Waals surface area (Å²) >= 11 is 0. The van der Waals surface area contributed by atoms with Crippen LogP contribution in [0.25, 0.3) is 22.2 Å². The van der Waals surface area contributed by atoms with Gasteiger partial charge in [-0.25, -0.2) is 4.98 Å².